The minimum atomic E-state index is -4.81. The van der Waals surface area contributed by atoms with Crippen molar-refractivity contribution in [1.29, 1.82) is 0 Å². The molecule has 0 N–H and O–H groups in total. The predicted molar refractivity (Wildman–Crippen MR) is 78.6 cm³/mol. The summed E-state index contributed by atoms with van der Waals surface area (Å²) in [5, 5.41) is 0.369. The number of hydrogen-bond donors (Lipinski definition) is 0. The summed E-state index contributed by atoms with van der Waals surface area (Å²) in [4.78, 5) is 24.4. The van der Waals surface area contributed by atoms with E-state index in [0.29, 0.717) is 31.9 Å². The fourth-order valence-corrected chi connectivity index (χ4v) is 2.41. The van der Waals surface area contributed by atoms with Crippen LogP contribution in [0.15, 0.2) is 44.5 Å². The van der Waals surface area contributed by atoms with Gasteiger partial charge in [0.05, 0.1) is 7.11 Å². The second-order valence-electron chi connectivity index (χ2n) is 5.03. The molecule has 0 bridgehead atoms. The summed E-state index contributed by atoms with van der Waals surface area (Å²) in [6, 6.07) is 5.08. The molecule has 0 saturated heterocycles. The van der Waals surface area contributed by atoms with E-state index in [-0.39, 0.29) is 5.69 Å². The Kier molecular flexibility index (Phi) is 3.51. The number of aromatic nitrogens is 2. The SMILES string of the molecule is COc1ccc2occ(-n3c(=O)cc(C(F)(F)F)n(C)c3=O)c2c1. The van der Waals surface area contributed by atoms with Crippen molar-refractivity contribution in [3.8, 4) is 11.4 Å². The minimum Gasteiger partial charge on any atom is -0.497 e. The van der Waals surface area contributed by atoms with E-state index < -0.39 is 23.1 Å². The Balaban J connectivity index is 2.34. The number of nitrogens with zero attached hydrogens (tertiary/aromatic N) is 2. The number of rotatable bonds is 2. The molecular weight excluding hydrogens is 329 g/mol. The normalized spacial score (nSPS) is 11.9. The molecule has 6 nitrogen and oxygen atoms in total. The molecule has 2 heterocycles. The summed E-state index contributed by atoms with van der Waals surface area (Å²) in [5.41, 5.74) is -3.14. The second-order valence-corrected chi connectivity index (χ2v) is 5.03. The fourth-order valence-electron chi connectivity index (χ4n) is 2.41. The Bertz CT molecular complexity index is 1040. The van der Waals surface area contributed by atoms with Crippen molar-refractivity contribution < 1.29 is 22.3 Å². The standard InChI is InChI=1S/C15H11F3N2O4/c1-19-12(15(16,17)18)6-13(21)20(14(19)22)10-7-24-11-4-3-8(23-2)5-9(10)11/h3-7H,1-2H3. The van der Waals surface area contributed by atoms with Crippen LogP contribution in [0.25, 0.3) is 16.7 Å². The van der Waals surface area contributed by atoms with Gasteiger partial charge in [-0.1, -0.05) is 0 Å². The molecule has 0 unspecified atom stereocenters. The van der Waals surface area contributed by atoms with E-state index in [1.165, 1.54) is 13.2 Å². The Morgan fingerprint density at radius 2 is 1.88 bits per heavy atom. The van der Waals surface area contributed by atoms with Crippen molar-refractivity contribution in [2.75, 3.05) is 7.11 Å². The maximum atomic E-state index is 12.9. The molecule has 3 aromatic rings. The van der Waals surface area contributed by atoms with Gasteiger partial charge in [-0.25, -0.2) is 9.36 Å². The van der Waals surface area contributed by atoms with E-state index in [1.807, 2.05) is 0 Å². The first-order valence-corrected chi connectivity index (χ1v) is 6.70. The number of hydrogen-bond acceptors (Lipinski definition) is 4. The number of alkyl halides is 3. The molecule has 24 heavy (non-hydrogen) atoms. The maximum absolute atomic E-state index is 12.9. The lowest BCUT2D eigenvalue weighted by molar-refractivity contribution is -0.144. The highest BCUT2D eigenvalue weighted by Crippen LogP contribution is 2.29. The van der Waals surface area contributed by atoms with E-state index in [0.717, 1.165) is 13.3 Å². The molecule has 0 spiro atoms. The first-order chi connectivity index (χ1) is 11.2. The average molecular weight is 340 g/mol. The van der Waals surface area contributed by atoms with Crippen LogP contribution in [0.1, 0.15) is 5.69 Å². The largest absolute Gasteiger partial charge is 0.497 e. The minimum absolute atomic E-state index is 0.0447. The number of fused-ring (bicyclic) bond motifs is 1. The zero-order valence-electron chi connectivity index (χ0n) is 12.5. The zero-order chi connectivity index (χ0) is 17.6. The summed E-state index contributed by atoms with van der Waals surface area (Å²) in [6.07, 6.45) is -3.67. The number of benzene rings is 1. The van der Waals surface area contributed by atoms with Crippen LogP contribution in [0, 0.1) is 0 Å². The third kappa shape index (κ3) is 2.38. The van der Waals surface area contributed by atoms with E-state index >= 15 is 0 Å². The molecular formula is C15H11F3N2O4. The smallest absolute Gasteiger partial charge is 0.431 e. The average Bonchev–Trinajstić information content (AvgIpc) is 2.93. The van der Waals surface area contributed by atoms with Crippen LogP contribution in [0.4, 0.5) is 13.2 Å². The molecule has 0 saturated carbocycles. The summed E-state index contributed by atoms with van der Waals surface area (Å²) < 4.78 is 50.0. The van der Waals surface area contributed by atoms with Crippen LogP contribution >= 0.6 is 0 Å². The van der Waals surface area contributed by atoms with Crippen molar-refractivity contribution in [1.82, 2.24) is 9.13 Å². The highest BCUT2D eigenvalue weighted by molar-refractivity contribution is 5.87. The number of methoxy groups -OCH3 is 1. The van der Waals surface area contributed by atoms with Gasteiger partial charge in [0.15, 0.2) is 0 Å². The van der Waals surface area contributed by atoms with Crippen LogP contribution in [0.3, 0.4) is 0 Å². The van der Waals surface area contributed by atoms with Gasteiger partial charge in [-0.15, -0.1) is 0 Å². The molecule has 0 aliphatic rings. The van der Waals surface area contributed by atoms with Gasteiger partial charge in [0.25, 0.3) is 5.56 Å². The molecule has 3 rings (SSSR count). The molecule has 0 amide bonds. The Morgan fingerprint density at radius 1 is 1.17 bits per heavy atom. The van der Waals surface area contributed by atoms with Crippen molar-refractivity contribution in [3.05, 3.63) is 57.1 Å². The molecule has 0 atom stereocenters. The van der Waals surface area contributed by atoms with Gasteiger partial charge < -0.3 is 9.15 Å². The van der Waals surface area contributed by atoms with Gasteiger partial charge in [0.1, 0.15) is 29.0 Å². The Morgan fingerprint density at radius 3 is 2.50 bits per heavy atom. The lowest BCUT2D eigenvalue weighted by Crippen LogP contribution is -2.40. The van der Waals surface area contributed by atoms with Gasteiger partial charge >= 0.3 is 11.9 Å². The molecule has 0 fully saturated rings. The summed E-state index contributed by atoms with van der Waals surface area (Å²) in [6.45, 7) is 0. The predicted octanol–water partition coefficient (Wildman–Crippen LogP) is 2.31. The van der Waals surface area contributed by atoms with Gasteiger partial charge in [0.2, 0.25) is 0 Å². The second kappa shape index (κ2) is 5.29. The lowest BCUT2D eigenvalue weighted by atomic mass is 10.2. The van der Waals surface area contributed by atoms with Crippen LogP contribution < -0.4 is 16.0 Å². The topological polar surface area (TPSA) is 66.4 Å². The van der Waals surface area contributed by atoms with Gasteiger partial charge in [-0.3, -0.25) is 9.36 Å². The maximum Gasteiger partial charge on any atom is 0.431 e. The Hall–Kier alpha value is -2.97. The number of furan rings is 1. The van der Waals surface area contributed by atoms with Crippen LogP contribution in [-0.4, -0.2) is 16.2 Å². The summed E-state index contributed by atoms with van der Waals surface area (Å²) in [5.74, 6) is 0.446. The quantitative estimate of drug-likeness (QED) is 0.718. The van der Waals surface area contributed by atoms with Crippen molar-refractivity contribution in [3.63, 3.8) is 0 Å². The van der Waals surface area contributed by atoms with Crippen molar-refractivity contribution in [2.24, 2.45) is 7.05 Å². The third-order valence-corrected chi connectivity index (χ3v) is 3.61. The van der Waals surface area contributed by atoms with Crippen LogP contribution in [0.5, 0.6) is 5.75 Å². The molecule has 0 radical (unpaired) electrons. The van der Waals surface area contributed by atoms with Crippen molar-refractivity contribution >= 4 is 11.0 Å². The highest BCUT2D eigenvalue weighted by atomic mass is 19.4. The van der Waals surface area contributed by atoms with Gasteiger partial charge in [0, 0.05) is 18.5 Å². The van der Waals surface area contributed by atoms with E-state index in [2.05, 4.69) is 0 Å². The molecule has 9 heteroatoms. The summed E-state index contributed by atoms with van der Waals surface area (Å²) >= 11 is 0. The molecule has 2 aromatic heterocycles. The first kappa shape index (κ1) is 15.9. The van der Waals surface area contributed by atoms with E-state index in [9.17, 15) is 22.8 Å². The molecule has 0 aliphatic carbocycles. The third-order valence-electron chi connectivity index (χ3n) is 3.61. The van der Waals surface area contributed by atoms with E-state index in [1.54, 1.807) is 12.1 Å². The molecule has 1 aromatic carbocycles. The van der Waals surface area contributed by atoms with Gasteiger partial charge in [-0.2, -0.15) is 13.2 Å². The Labute approximate surface area is 132 Å². The van der Waals surface area contributed by atoms with Crippen LogP contribution in [0.2, 0.25) is 0 Å². The van der Waals surface area contributed by atoms with Gasteiger partial charge in [-0.05, 0) is 18.2 Å². The molecule has 0 aliphatic heterocycles. The lowest BCUT2D eigenvalue weighted by Gasteiger charge is -2.13. The van der Waals surface area contributed by atoms with E-state index in [4.69, 9.17) is 9.15 Å². The number of halogens is 3. The summed E-state index contributed by atoms with van der Waals surface area (Å²) in [7, 11) is 2.38. The zero-order valence-corrected chi connectivity index (χ0v) is 12.5. The van der Waals surface area contributed by atoms with Crippen LogP contribution in [-0.2, 0) is 13.2 Å². The monoisotopic (exact) mass is 340 g/mol. The number of ether oxygens (including phenoxy) is 1. The molecule has 126 valence electrons. The fraction of sp³-hybridized carbons (Fsp3) is 0.200. The highest BCUT2D eigenvalue weighted by Gasteiger charge is 2.35. The first-order valence-electron chi connectivity index (χ1n) is 6.70. The van der Waals surface area contributed by atoms with Crippen molar-refractivity contribution in [2.45, 2.75) is 6.18 Å².